The fraction of sp³-hybridized carbons (Fsp3) is 0.684. The van der Waals surface area contributed by atoms with E-state index in [2.05, 4.69) is 26.3 Å². The van der Waals surface area contributed by atoms with Gasteiger partial charge in [0.05, 0.1) is 5.56 Å². The Balaban J connectivity index is 1.80. The fourth-order valence-corrected chi connectivity index (χ4v) is 2.50. The van der Waals surface area contributed by atoms with Gasteiger partial charge in [0.25, 0.3) is 5.91 Å². The SMILES string of the molecule is NCCCNCCCCNCCCNCCCNC(=O)c1ccc(N)nc1. The Morgan fingerprint density at radius 3 is 1.93 bits per heavy atom. The molecular weight excluding hydrogens is 342 g/mol. The number of aromatic nitrogens is 1. The number of nitrogens with zero attached hydrogens (tertiary/aromatic N) is 1. The summed E-state index contributed by atoms with van der Waals surface area (Å²) >= 11 is 0. The molecule has 0 aromatic carbocycles. The van der Waals surface area contributed by atoms with Crippen molar-refractivity contribution in [3.8, 4) is 0 Å². The number of carbonyl (C=O) groups excluding carboxylic acids is 1. The Kier molecular flexibility index (Phi) is 14.2. The first-order chi connectivity index (χ1) is 13.2. The fourth-order valence-electron chi connectivity index (χ4n) is 2.50. The van der Waals surface area contributed by atoms with E-state index in [1.54, 1.807) is 12.1 Å². The van der Waals surface area contributed by atoms with Crippen molar-refractivity contribution in [1.29, 1.82) is 0 Å². The minimum atomic E-state index is -0.110. The minimum absolute atomic E-state index is 0.110. The average Bonchev–Trinajstić information content (AvgIpc) is 2.68. The van der Waals surface area contributed by atoms with E-state index in [-0.39, 0.29) is 5.91 Å². The Morgan fingerprint density at radius 1 is 0.815 bits per heavy atom. The summed E-state index contributed by atoms with van der Waals surface area (Å²) in [4.78, 5) is 15.8. The molecule has 0 unspecified atom stereocenters. The molecule has 1 amide bonds. The van der Waals surface area contributed by atoms with Crippen LogP contribution in [0.4, 0.5) is 5.82 Å². The smallest absolute Gasteiger partial charge is 0.252 e. The van der Waals surface area contributed by atoms with E-state index in [9.17, 15) is 4.79 Å². The molecule has 0 fully saturated rings. The van der Waals surface area contributed by atoms with Gasteiger partial charge >= 0.3 is 0 Å². The maximum absolute atomic E-state index is 11.9. The summed E-state index contributed by atoms with van der Waals surface area (Å²) in [5.74, 6) is 0.307. The van der Waals surface area contributed by atoms with Crippen LogP contribution in [-0.4, -0.2) is 63.2 Å². The minimum Gasteiger partial charge on any atom is -0.384 e. The van der Waals surface area contributed by atoms with E-state index in [0.717, 1.165) is 65.1 Å². The highest BCUT2D eigenvalue weighted by Gasteiger charge is 2.04. The average molecular weight is 380 g/mol. The monoisotopic (exact) mass is 379 g/mol. The van der Waals surface area contributed by atoms with Crippen LogP contribution in [0.15, 0.2) is 18.3 Å². The molecule has 0 bridgehead atoms. The topological polar surface area (TPSA) is 130 Å². The molecule has 27 heavy (non-hydrogen) atoms. The highest BCUT2D eigenvalue weighted by molar-refractivity contribution is 5.93. The van der Waals surface area contributed by atoms with E-state index in [4.69, 9.17) is 11.5 Å². The van der Waals surface area contributed by atoms with E-state index in [1.807, 2.05) is 0 Å². The van der Waals surface area contributed by atoms with Crippen molar-refractivity contribution in [3.05, 3.63) is 23.9 Å². The summed E-state index contributed by atoms with van der Waals surface area (Å²) in [6.07, 6.45) is 6.96. The van der Waals surface area contributed by atoms with Crippen molar-refractivity contribution < 1.29 is 4.79 Å². The third-order valence-electron chi connectivity index (χ3n) is 4.09. The van der Waals surface area contributed by atoms with E-state index < -0.39 is 0 Å². The lowest BCUT2D eigenvalue weighted by Crippen LogP contribution is -2.28. The Morgan fingerprint density at radius 2 is 1.37 bits per heavy atom. The lowest BCUT2D eigenvalue weighted by Gasteiger charge is -2.08. The molecule has 0 spiro atoms. The van der Waals surface area contributed by atoms with Gasteiger partial charge in [-0.1, -0.05) is 0 Å². The van der Waals surface area contributed by atoms with Gasteiger partial charge in [-0.15, -0.1) is 0 Å². The zero-order valence-electron chi connectivity index (χ0n) is 16.4. The maximum atomic E-state index is 11.9. The van der Waals surface area contributed by atoms with Gasteiger partial charge in [-0.25, -0.2) is 4.98 Å². The number of hydrogen-bond acceptors (Lipinski definition) is 7. The number of hydrogen-bond donors (Lipinski definition) is 6. The molecule has 1 rings (SSSR count). The normalized spacial score (nSPS) is 10.9. The third-order valence-corrected chi connectivity index (χ3v) is 4.09. The van der Waals surface area contributed by atoms with Gasteiger partial charge in [-0.05, 0) is 90.1 Å². The first kappa shape index (κ1) is 23.3. The standard InChI is InChI=1S/C19H37N7O/c20-8-3-11-22-9-1-2-10-23-12-4-13-24-14-5-15-25-19(27)17-6-7-18(21)26-16-17/h6-7,16,22-24H,1-5,8-15,20H2,(H2,21,26)(H,25,27). The van der Waals surface area contributed by atoms with Gasteiger partial charge in [0.2, 0.25) is 0 Å². The van der Waals surface area contributed by atoms with E-state index >= 15 is 0 Å². The van der Waals surface area contributed by atoms with Gasteiger partial charge in [0, 0.05) is 12.7 Å². The van der Waals surface area contributed by atoms with Crippen molar-refractivity contribution in [2.24, 2.45) is 5.73 Å². The second kappa shape index (κ2) is 16.4. The zero-order valence-corrected chi connectivity index (χ0v) is 16.4. The van der Waals surface area contributed by atoms with Gasteiger partial charge < -0.3 is 32.7 Å². The second-order valence-corrected chi connectivity index (χ2v) is 6.53. The predicted molar refractivity (Wildman–Crippen MR) is 112 cm³/mol. The van der Waals surface area contributed by atoms with Crippen molar-refractivity contribution in [3.63, 3.8) is 0 Å². The number of unbranched alkanes of at least 4 members (excludes halogenated alkanes) is 1. The van der Waals surface area contributed by atoms with Gasteiger partial charge in [0.1, 0.15) is 5.82 Å². The third kappa shape index (κ3) is 13.1. The summed E-state index contributed by atoms with van der Waals surface area (Å²) in [5, 5.41) is 13.1. The van der Waals surface area contributed by atoms with Crippen molar-refractivity contribution in [2.75, 3.05) is 58.1 Å². The molecule has 8 N–H and O–H groups in total. The summed E-state index contributed by atoms with van der Waals surface area (Å²) in [7, 11) is 0. The molecule has 0 aliphatic carbocycles. The number of rotatable bonds is 17. The van der Waals surface area contributed by atoms with Crippen LogP contribution in [0.1, 0.15) is 42.5 Å². The van der Waals surface area contributed by atoms with Crippen LogP contribution in [-0.2, 0) is 0 Å². The second-order valence-electron chi connectivity index (χ2n) is 6.53. The van der Waals surface area contributed by atoms with E-state index in [0.29, 0.717) is 17.9 Å². The number of pyridine rings is 1. The molecule has 0 saturated heterocycles. The molecule has 1 heterocycles. The van der Waals surface area contributed by atoms with Crippen LogP contribution in [0, 0.1) is 0 Å². The molecule has 154 valence electrons. The highest BCUT2D eigenvalue weighted by atomic mass is 16.1. The van der Waals surface area contributed by atoms with Gasteiger partial charge in [-0.3, -0.25) is 4.79 Å². The van der Waals surface area contributed by atoms with Crippen molar-refractivity contribution >= 4 is 11.7 Å². The number of nitrogen functional groups attached to an aromatic ring is 1. The predicted octanol–water partition coefficient (Wildman–Crippen LogP) is 0.0716. The lowest BCUT2D eigenvalue weighted by molar-refractivity contribution is 0.0953. The maximum Gasteiger partial charge on any atom is 0.252 e. The van der Waals surface area contributed by atoms with Crippen LogP contribution < -0.4 is 32.7 Å². The van der Waals surface area contributed by atoms with Crippen LogP contribution in [0.5, 0.6) is 0 Å². The molecule has 0 saturated carbocycles. The Labute approximate surface area is 163 Å². The molecule has 0 aliphatic rings. The van der Waals surface area contributed by atoms with Crippen LogP contribution in [0.2, 0.25) is 0 Å². The van der Waals surface area contributed by atoms with E-state index in [1.165, 1.54) is 19.0 Å². The van der Waals surface area contributed by atoms with Crippen LogP contribution in [0.3, 0.4) is 0 Å². The van der Waals surface area contributed by atoms with Crippen LogP contribution >= 0.6 is 0 Å². The quantitative estimate of drug-likeness (QED) is 0.211. The number of carbonyl (C=O) groups is 1. The number of nitrogens with one attached hydrogen (secondary N) is 4. The van der Waals surface area contributed by atoms with Gasteiger partial charge in [0.15, 0.2) is 0 Å². The van der Waals surface area contributed by atoms with Gasteiger partial charge in [-0.2, -0.15) is 0 Å². The molecule has 8 nitrogen and oxygen atoms in total. The molecular formula is C19H37N7O. The molecule has 0 radical (unpaired) electrons. The Hall–Kier alpha value is -1.74. The molecule has 0 aliphatic heterocycles. The number of nitrogens with two attached hydrogens (primary N) is 2. The first-order valence-electron chi connectivity index (χ1n) is 10.1. The van der Waals surface area contributed by atoms with Crippen molar-refractivity contribution in [1.82, 2.24) is 26.3 Å². The molecule has 1 aromatic rings. The summed E-state index contributed by atoms with van der Waals surface area (Å²) < 4.78 is 0. The highest BCUT2D eigenvalue weighted by Crippen LogP contribution is 2.00. The first-order valence-corrected chi connectivity index (χ1v) is 10.1. The van der Waals surface area contributed by atoms with Crippen molar-refractivity contribution in [2.45, 2.75) is 32.1 Å². The molecule has 1 aromatic heterocycles. The Bertz CT molecular complexity index is 481. The summed E-state index contributed by atoms with van der Waals surface area (Å²) in [6.45, 7) is 7.51. The largest absolute Gasteiger partial charge is 0.384 e. The zero-order chi connectivity index (χ0) is 19.6. The lowest BCUT2D eigenvalue weighted by atomic mass is 10.2. The summed E-state index contributed by atoms with van der Waals surface area (Å²) in [5.41, 5.74) is 11.5. The summed E-state index contributed by atoms with van der Waals surface area (Å²) in [6, 6.07) is 3.31. The molecule has 8 heteroatoms. The van der Waals surface area contributed by atoms with Crippen LogP contribution in [0.25, 0.3) is 0 Å². The number of anilines is 1. The molecule has 0 atom stereocenters. The number of amides is 1.